The fourth-order valence-electron chi connectivity index (χ4n) is 3.34. The van der Waals surface area contributed by atoms with E-state index < -0.39 is 12.1 Å². The molecule has 24 heavy (non-hydrogen) atoms. The van der Waals surface area contributed by atoms with Crippen molar-refractivity contribution in [2.45, 2.75) is 37.4 Å². The molecular formula is C16H14F3N3O2. The molecule has 0 bridgehead atoms. The number of alkyl halides is 3. The SMILES string of the molecule is O=C(c1ccc(-c2noc(C(F)(F)F)n2)cc1)N1CCC12CCC2. The number of aromatic nitrogens is 2. The van der Waals surface area contributed by atoms with Crippen LogP contribution in [0.15, 0.2) is 28.8 Å². The summed E-state index contributed by atoms with van der Waals surface area (Å²) in [7, 11) is 0. The molecule has 0 radical (unpaired) electrons. The van der Waals surface area contributed by atoms with E-state index in [9.17, 15) is 18.0 Å². The molecule has 1 aromatic heterocycles. The Labute approximate surface area is 135 Å². The summed E-state index contributed by atoms with van der Waals surface area (Å²) in [5, 5.41) is 3.33. The lowest BCUT2D eigenvalue weighted by molar-refractivity contribution is -0.159. The van der Waals surface area contributed by atoms with E-state index >= 15 is 0 Å². The molecule has 0 unspecified atom stereocenters. The van der Waals surface area contributed by atoms with Crippen molar-refractivity contribution in [2.24, 2.45) is 0 Å². The fraction of sp³-hybridized carbons (Fsp3) is 0.438. The van der Waals surface area contributed by atoms with E-state index in [1.165, 1.54) is 12.1 Å². The van der Waals surface area contributed by atoms with Crippen LogP contribution < -0.4 is 0 Å². The highest BCUT2D eigenvalue weighted by Crippen LogP contribution is 2.47. The molecule has 1 saturated carbocycles. The lowest BCUT2D eigenvalue weighted by Crippen LogP contribution is -2.65. The molecule has 1 saturated heterocycles. The predicted molar refractivity (Wildman–Crippen MR) is 77.0 cm³/mol. The van der Waals surface area contributed by atoms with Gasteiger partial charge in [0.1, 0.15) is 0 Å². The summed E-state index contributed by atoms with van der Waals surface area (Å²) in [6.07, 6.45) is -0.350. The van der Waals surface area contributed by atoms with Gasteiger partial charge in [-0.3, -0.25) is 4.79 Å². The van der Waals surface area contributed by atoms with Gasteiger partial charge in [0.05, 0.1) is 0 Å². The van der Waals surface area contributed by atoms with Crippen molar-refractivity contribution in [1.82, 2.24) is 15.0 Å². The number of benzene rings is 1. The maximum absolute atomic E-state index is 12.5. The third-order valence-electron chi connectivity index (χ3n) is 4.96. The summed E-state index contributed by atoms with van der Waals surface area (Å²) in [4.78, 5) is 17.8. The predicted octanol–water partition coefficient (Wildman–Crippen LogP) is 3.52. The monoisotopic (exact) mass is 337 g/mol. The van der Waals surface area contributed by atoms with Gasteiger partial charge in [0.15, 0.2) is 0 Å². The van der Waals surface area contributed by atoms with E-state index in [0.717, 1.165) is 32.2 Å². The van der Waals surface area contributed by atoms with Crippen molar-refractivity contribution in [3.8, 4) is 11.4 Å². The number of carbonyl (C=O) groups excluding carboxylic acids is 1. The van der Waals surface area contributed by atoms with Crippen LogP contribution in [0.1, 0.15) is 41.9 Å². The van der Waals surface area contributed by atoms with Crippen LogP contribution in [0.2, 0.25) is 0 Å². The molecule has 8 heteroatoms. The van der Waals surface area contributed by atoms with Crippen LogP contribution in [0, 0.1) is 0 Å². The Morgan fingerprint density at radius 1 is 1.17 bits per heavy atom. The molecule has 0 N–H and O–H groups in total. The first-order valence-electron chi connectivity index (χ1n) is 7.72. The molecule has 2 heterocycles. The van der Waals surface area contributed by atoms with Crippen molar-refractivity contribution in [3.05, 3.63) is 35.7 Å². The lowest BCUT2D eigenvalue weighted by atomic mass is 9.67. The first-order valence-corrected chi connectivity index (χ1v) is 7.72. The Morgan fingerprint density at radius 2 is 1.88 bits per heavy atom. The first-order chi connectivity index (χ1) is 11.4. The average molecular weight is 337 g/mol. The minimum Gasteiger partial charge on any atom is -0.333 e. The van der Waals surface area contributed by atoms with Crippen molar-refractivity contribution in [2.75, 3.05) is 6.54 Å². The van der Waals surface area contributed by atoms with Crippen molar-refractivity contribution >= 4 is 5.91 Å². The Bertz CT molecular complexity index is 773. The minimum atomic E-state index is -4.67. The van der Waals surface area contributed by atoms with Crippen LogP contribution in [-0.4, -0.2) is 33.0 Å². The molecule has 126 valence electrons. The number of halogens is 3. The highest BCUT2D eigenvalue weighted by molar-refractivity contribution is 5.95. The quantitative estimate of drug-likeness (QED) is 0.841. The molecule has 1 spiro atoms. The van der Waals surface area contributed by atoms with Gasteiger partial charge in [-0.05, 0) is 37.8 Å². The van der Waals surface area contributed by atoms with Crippen LogP contribution >= 0.6 is 0 Å². The zero-order valence-corrected chi connectivity index (χ0v) is 12.6. The van der Waals surface area contributed by atoms with Gasteiger partial charge in [-0.25, -0.2) is 0 Å². The van der Waals surface area contributed by atoms with Gasteiger partial charge in [0.2, 0.25) is 5.82 Å². The van der Waals surface area contributed by atoms with Gasteiger partial charge in [0, 0.05) is 23.2 Å². The van der Waals surface area contributed by atoms with Crippen LogP contribution in [0.25, 0.3) is 11.4 Å². The van der Waals surface area contributed by atoms with Crippen LogP contribution in [0.4, 0.5) is 13.2 Å². The second-order valence-corrected chi connectivity index (χ2v) is 6.28. The second kappa shape index (κ2) is 5.06. The van der Waals surface area contributed by atoms with E-state index in [-0.39, 0.29) is 17.3 Å². The number of likely N-dealkylation sites (tertiary alicyclic amines) is 1. The Morgan fingerprint density at radius 3 is 2.33 bits per heavy atom. The van der Waals surface area contributed by atoms with Gasteiger partial charge in [-0.2, -0.15) is 18.2 Å². The summed E-state index contributed by atoms with van der Waals surface area (Å²) < 4.78 is 41.7. The molecular weight excluding hydrogens is 323 g/mol. The number of hydrogen-bond acceptors (Lipinski definition) is 4. The molecule has 1 aliphatic carbocycles. The Kier molecular flexibility index (Phi) is 3.20. The van der Waals surface area contributed by atoms with Gasteiger partial charge < -0.3 is 9.42 Å². The molecule has 0 atom stereocenters. The smallest absolute Gasteiger partial charge is 0.333 e. The molecule has 1 aromatic carbocycles. The summed E-state index contributed by atoms with van der Waals surface area (Å²) >= 11 is 0. The average Bonchev–Trinajstić information content (AvgIpc) is 2.94. The molecule has 1 aliphatic heterocycles. The molecule has 2 fully saturated rings. The summed E-state index contributed by atoms with van der Waals surface area (Å²) in [6.45, 7) is 0.764. The van der Waals surface area contributed by atoms with E-state index in [1.54, 1.807) is 12.1 Å². The van der Waals surface area contributed by atoms with E-state index in [1.807, 2.05) is 4.90 Å². The molecule has 2 aliphatic rings. The van der Waals surface area contributed by atoms with Gasteiger partial charge in [-0.15, -0.1) is 0 Å². The van der Waals surface area contributed by atoms with Crippen molar-refractivity contribution in [1.29, 1.82) is 0 Å². The van der Waals surface area contributed by atoms with Crippen molar-refractivity contribution in [3.63, 3.8) is 0 Å². The third kappa shape index (κ3) is 2.28. The number of nitrogens with zero attached hydrogens (tertiary/aromatic N) is 3. The minimum absolute atomic E-state index is 0.0309. The number of hydrogen-bond donors (Lipinski definition) is 0. The van der Waals surface area contributed by atoms with E-state index in [4.69, 9.17) is 0 Å². The van der Waals surface area contributed by atoms with Crippen LogP contribution in [-0.2, 0) is 6.18 Å². The number of rotatable bonds is 2. The Hall–Kier alpha value is -2.38. The fourth-order valence-corrected chi connectivity index (χ4v) is 3.34. The standard InChI is InChI=1S/C16H14F3N3O2/c17-16(18,19)14-20-12(21-24-14)10-2-4-11(5-3-10)13(23)22-9-8-15(22)6-1-7-15/h2-5H,1,6-9H2. The molecule has 1 amide bonds. The van der Waals surface area contributed by atoms with E-state index in [2.05, 4.69) is 14.7 Å². The number of amides is 1. The summed E-state index contributed by atoms with van der Waals surface area (Å²) in [6, 6.07) is 6.24. The largest absolute Gasteiger partial charge is 0.471 e. The zero-order valence-electron chi connectivity index (χ0n) is 12.6. The van der Waals surface area contributed by atoms with Gasteiger partial charge in [-0.1, -0.05) is 17.3 Å². The topological polar surface area (TPSA) is 59.2 Å². The second-order valence-electron chi connectivity index (χ2n) is 6.28. The van der Waals surface area contributed by atoms with E-state index in [0.29, 0.717) is 11.1 Å². The van der Waals surface area contributed by atoms with Crippen LogP contribution in [0.5, 0.6) is 0 Å². The molecule has 2 aromatic rings. The highest BCUT2D eigenvalue weighted by Gasteiger charge is 2.51. The van der Waals surface area contributed by atoms with Crippen LogP contribution in [0.3, 0.4) is 0 Å². The maximum Gasteiger partial charge on any atom is 0.471 e. The third-order valence-corrected chi connectivity index (χ3v) is 4.96. The maximum atomic E-state index is 12.5. The van der Waals surface area contributed by atoms with Crippen molar-refractivity contribution < 1.29 is 22.5 Å². The number of carbonyl (C=O) groups is 1. The van der Waals surface area contributed by atoms with Gasteiger partial charge in [0.25, 0.3) is 5.91 Å². The highest BCUT2D eigenvalue weighted by atomic mass is 19.4. The van der Waals surface area contributed by atoms with Gasteiger partial charge >= 0.3 is 12.1 Å². The lowest BCUT2D eigenvalue weighted by Gasteiger charge is -2.58. The molecule has 4 rings (SSSR count). The normalized spacial score (nSPS) is 19.0. The molecule has 5 nitrogen and oxygen atoms in total. The first kappa shape index (κ1) is 15.2. The Balaban J connectivity index is 1.52. The summed E-state index contributed by atoms with van der Waals surface area (Å²) in [5.74, 6) is -1.57. The zero-order chi connectivity index (χ0) is 16.9. The summed E-state index contributed by atoms with van der Waals surface area (Å²) in [5.41, 5.74) is 0.947.